The molecule has 4 nitrogen and oxygen atoms in total. The first-order chi connectivity index (χ1) is 7.16. The van der Waals surface area contributed by atoms with Crippen molar-refractivity contribution in [3.63, 3.8) is 0 Å². The quantitative estimate of drug-likeness (QED) is 0.476. The Bertz CT molecular complexity index is 355. The first-order valence-electron chi connectivity index (χ1n) is 4.63. The lowest BCUT2D eigenvalue weighted by Crippen LogP contribution is -2.06. The molecule has 0 heterocycles. The number of nitro groups is 1. The number of nitro benzene ring substituents is 1. The highest BCUT2D eigenvalue weighted by atomic mass is 32.2. The first kappa shape index (κ1) is 11.8. The van der Waals surface area contributed by atoms with Gasteiger partial charge in [0.15, 0.2) is 0 Å². The summed E-state index contributed by atoms with van der Waals surface area (Å²) in [6.45, 7) is 2.49. The second-order valence-electron chi connectivity index (χ2n) is 3.15. The molecule has 1 aromatic carbocycles. The van der Waals surface area contributed by atoms with Gasteiger partial charge in [-0.05, 0) is 19.2 Å². The number of hydrogen-bond acceptors (Lipinski definition) is 4. The van der Waals surface area contributed by atoms with E-state index in [-0.39, 0.29) is 10.6 Å². The molecular formula is C10H14N2O2S. The Hall–Kier alpha value is -1.23. The molecule has 5 heteroatoms. The van der Waals surface area contributed by atoms with Crippen molar-refractivity contribution in [2.24, 2.45) is 0 Å². The van der Waals surface area contributed by atoms with Crippen LogP contribution in [0.15, 0.2) is 18.2 Å². The van der Waals surface area contributed by atoms with Crippen LogP contribution < -0.4 is 5.32 Å². The molecule has 1 N–H and O–H groups in total. The molecule has 0 saturated heterocycles. The average Bonchev–Trinajstić information content (AvgIpc) is 2.17. The summed E-state index contributed by atoms with van der Waals surface area (Å²) in [4.78, 5) is 10.5. The van der Waals surface area contributed by atoms with Gasteiger partial charge in [-0.3, -0.25) is 10.1 Å². The molecule has 0 saturated carbocycles. The molecule has 82 valence electrons. The van der Waals surface area contributed by atoms with Crippen molar-refractivity contribution in [2.45, 2.75) is 6.92 Å². The molecular weight excluding hydrogens is 212 g/mol. The Morgan fingerprint density at radius 2 is 2.27 bits per heavy atom. The van der Waals surface area contributed by atoms with E-state index in [2.05, 4.69) is 5.32 Å². The van der Waals surface area contributed by atoms with E-state index in [1.54, 1.807) is 30.8 Å². The molecule has 1 aromatic rings. The molecule has 0 fully saturated rings. The van der Waals surface area contributed by atoms with Gasteiger partial charge in [0.25, 0.3) is 5.69 Å². The first-order valence-corrected chi connectivity index (χ1v) is 6.03. The highest BCUT2D eigenvalue weighted by Gasteiger charge is 2.15. The zero-order valence-electron chi connectivity index (χ0n) is 8.82. The Balaban J connectivity index is 2.86. The van der Waals surface area contributed by atoms with Crippen LogP contribution >= 0.6 is 11.8 Å². The molecule has 1 rings (SSSR count). The van der Waals surface area contributed by atoms with Crippen molar-refractivity contribution in [3.05, 3.63) is 33.9 Å². The van der Waals surface area contributed by atoms with Crippen LogP contribution in [0.4, 0.5) is 11.4 Å². The summed E-state index contributed by atoms with van der Waals surface area (Å²) in [5.41, 5.74) is 1.47. The number of anilines is 1. The van der Waals surface area contributed by atoms with Gasteiger partial charge in [0.1, 0.15) is 5.69 Å². The van der Waals surface area contributed by atoms with Crippen LogP contribution in [0.1, 0.15) is 5.56 Å². The molecule has 15 heavy (non-hydrogen) atoms. The molecule has 0 atom stereocenters. The summed E-state index contributed by atoms with van der Waals surface area (Å²) in [7, 11) is 0. The van der Waals surface area contributed by atoms with Gasteiger partial charge < -0.3 is 5.32 Å². The number of rotatable bonds is 5. The van der Waals surface area contributed by atoms with E-state index in [9.17, 15) is 10.1 Å². The van der Waals surface area contributed by atoms with Crippen LogP contribution in [-0.4, -0.2) is 23.5 Å². The highest BCUT2D eigenvalue weighted by Crippen LogP contribution is 2.27. The average molecular weight is 226 g/mol. The standard InChI is InChI=1S/C10H14N2O2S/c1-8-4-3-5-9(10(8)12(13)14)11-6-7-15-2/h3-5,11H,6-7H2,1-2H3. The molecule has 0 aromatic heterocycles. The third kappa shape index (κ3) is 3.13. The highest BCUT2D eigenvalue weighted by molar-refractivity contribution is 7.98. The number of para-hydroxylation sites is 1. The van der Waals surface area contributed by atoms with Gasteiger partial charge in [-0.15, -0.1) is 0 Å². The van der Waals surface area contributed by atoms with Crippen LogP contribution in [0.3, 0.4) is 0 Å². The van der Waals surface area contributed by atoms with Gasteiger partial charge in [0.2, 0.25) is 0 Å². The Kier molecular flexibility index (Phi) is 4.42. The minimum atomic E-state index is -0.337. The van der Waals surface area contributed by atoms with Crippen LogP contribution in [-0.2, 0) is 0 Å². The van der Waals surface area contributed by atoms with Crippen molar-refractivity contribution < 1.29 is 4.92 Å². The minimum absolute atomic E-state index is 0.179. The number of benzene rings is 1. The molecule has 0 amide bonds. The monoisotopic (exact) mass is 226 g/mol. The van der Waals surface area contributed by atoms with Crippen molar-refractivity contribution >= 4 is 23.1 Å². The largest absolute Gasteiger partial charge is 0.379 e. The zero-order chi connectivity index (χ0) is 11.3. The third-order valence-electron chi connectivity index (χ3n) is 2.04. The maximum Gasteiger partial charge on any atom is 0.295 e. The van der Waals surface area contributed by atoms with E-state index >= 15 is 0 Å². The summed E-state index contributed by atoms with van der Waals surface area (Å²) in [6, 6.07) is 5.31. The maximum atomic E-state index is 10.8. The van der Waals surface area contributed by atoms with E-state index in [0.29, 0.717) is 11.3 Å². The molecule has 0 aliphatic carbocycles. The fraction of sp³-hybridized carbons (Fsp3) is 0.400. The topological polar surface area (TPSA) is 55.2 Å². The van der Waals surface area contributed by atoms with E-state index in [1.807, 2.05) is 12.3 Å². The predicted octanol–water partition coefficient (Wildman–Crippen LogP) is 2.68. The summed E-state index contributed by atoms with van der Waals surface area (Å²) in [5, 5.41) is 13.9. The normalized spacial score (nSPS) is 10.0. The van der Waals surface area contributed by atoms with Crippen LogP contribution in [0, 0.1) is 17.0 Å². The van der Waals surface area contributed by atoms with Crippen molar-refractivity contribution in [3.8, 4) is 0 Å². The second kappa shape index (κ2) is 5.60. The number of nitrogens with one attached hydrogen (secondary N) is 1. The van der Waals surface area contributed by atoms with E-state index in [4.69, 9.17) is 0 Å². The van der Waals surface area contributed by atoms with Gasteiger partial charge in [-0.1, -0.05) is 12.1 Å². The van der Waals surface area contributed by atoms with Crippen molar-refractivity contribution in [2.75, 3.05) is 23.9 Å². The Labute approximate surface area is 93.2 Å². The molecule has 0 bridgehead atoms. The lowest BCUT2D eigenvalue weighted by molar-refractivity contribution is -0.384. The van der Waals surface area contributed by atoms with E-state index in [0.717, 1.165) is 12.3 Å². The second-order valence-corrected chi connectivity index (χ2v) is 4.13. The Morgan fingerprint density at radius 3 is 2.87 bits per heavy atom. The number of aryl methyl sites for hydroxylation is 1. The summed E-state index contributed by atoms with van der Waals surface area (Å²) in [5.74, 6) is 0.936. The fourth-order valence-corrected chi connectivity index (χ4v) is 1.64. The van der Waals surface area contributed by atoms with Gasteiger partial charge in [0.05, 0.1) is 4.92 Å². The van der Waals surface area contributed by atoms with Gasteiger partial charge in [-0.2, -0.15) is 11.8 Å². The number of nitrogens with zero attached hydrogens (tertiary/aromatic N) is 1. The maximum absolute atomic E-state index is 10.8. The number of thioether (sulfide) groups is 1. The van der Waals surface area contributed by atoms with Crippen molar-refractivity contribution in [1.82, 2.24) is 0 Å². The molecule has 0 aliphatic rings. The van der Waals surface area contributed by atoms with Crippen LogP contribution in [0.5, 0.6) is 0 Å². The fourth-order valence-electron chi connectivity index (χ4n) is 1.33. The zero-order valence-corrected chi connectivity index (χ0v) is 9.63. The summed E-state index contributed by atoms with van der Waals surface area (Å²) < 4.78 is 0. The molecule has 0 radical (unpaired) electrons. The molecule has 0 spiro atoms. The minimum Gasteiger partial charge on any atom is -0.379 e. The molecule has 0 aliphatic heterocycles. The predicted molar refractivity (Wildman–Crippen MR) is 64.7 cm³/mol. The lowest BCUT2D eigenvalue weighted by Gasteiger charge is -2.07. The number of hydrogen-bond donors (Lipinski definition) is 1. The van der Waals surface area contributed by atoms with Crippen molar-refractivity contribution in [1.29, 1.82) is 0 Å². The third-order valence-corrected chi connectivity index (χ3v) is 2.65. The van der Waals surface area contributed by atoms with Crippen LogP contribution in [0.2, 0.25) is 0 Å². The van der Waals surface area contributed by atoms with Gasteiger partial charge in [0, 0.05) is 17.9 Å². The lowest BCUT2D eigenvalue weighted by atomic mass is 10.1. The Morgan fingerprint density at radius 1 is 1.53 bits per heavy atom. The smallest absolute Gasteiger partial charge is 0.295 e. The van der Waals surface area contributed by atoms with E-state index < -0.39 is 0 Å². The summed E-state index contributed by atoms with van der Waals surface area (Å²) >= 11 is 1.71. The summed E-state index contributed by atoms with van der Waals surface area (Å²) in [6.07, 6.45) is 2.01. The van der Waals surface area contributed by atoms with Crippen LogP contribution in [0.25, 0.3) is 0 Å². The van der Waals surface area contributed by atoms with Gasteiger partial charge >= 0.3 is 0 Å². The molecule has 0 unspecified atom stereocenters. The van der Waals surface area contributed by atoms with Gasteiger partial charge in [-0.25, -0.2) is 0 Å². The SMILES string of the molecule is CSCCNc1cccc(C)c1[N+](=O)[O-]. The van der Waals surface area contributed by atoms with E-state index in [1.165, 1.54) is 0 Å².